The summed E-state index contributed by atoms with van der Waals surface area (Å²) in [6, 6.07) is 7.98. The molecule has 2 aromatic heterocycles. The maximum Gasteiger partial charge on any atom is 0.165 e. The molecule has 0 aliphatic rings. The van der Waals surface area contributed by atoms with Crippen molar-refractivity contribution in [1.29, 1.82) is 0 Å². The minimum absolute atomic E-state index is 0.100. The molecule has 3 aromatic rings. The van der Waals surface area contributed by atoms with Gasteiger partial charge in [-0.15, -0.1) is 0 Å². The van der Waals surface area contributed by atoms with Crippen molar-refractivity contribution in [2.75, 3.05) is 24.7 Å². The average molecular weight is 282 g/mol. The molecule has 6 heteroatoms. The van der Waals surface area contributed by atoms with Crippen LogP contribution in [0.3, 0.4) is 0 Å². The highest BCUT2D eigenvalue weighted by atomic mass is 15.2. The lowest BCUT2D eigenvalue weighted by atomic mass is 10.1. The molecule has 108 valence electrons. The Labute approximate surface area is 123 Å². The Bertz CT molecular complexity index is 777. The van der Waals surface area contributed by atoms with Crippen molar-refractivity contribution >= 4 is 22.7 Å². The lowest BCUT2D eigenvalue weighted by Crippen LogP contribution is -2.12. The molecular weight excluding hydrogens is 264 g/mol. The number of imidazole rings is 1. The van der Waals surface area contributed by atoms with Gasteiger partial charge in [0.2, 0.25) is 0 Å². The minimum Gasteiger partial charge on any atom is -0.399 e. The fraction of sp³-hybridized carbons (Fsp3) is 0.267. The van der Waals surface area contributed by atoms with E-state index in [-0.39, 0.29) is 6.04 Å². The van der Waals surface area contributed by atoms with E-state index in [0.717, 1.165) is 28.2 Å². The van der Waals surface area contributed by atoms with Crippen LogP contribution in [-0.4, -0.2) is 33.6 Å². The van der Waals surface area contributed by atoms with Crippen LogP contribution in [0.1, 0.15) is 18.5 Å². The highest BCUT2D eigenvalue weighted by Crippen LogP contribution is 2.26. The first-order valence-corrected chi connectivity index (χ1v) is 6.78. The molecule has 0 aliphatic carbocycles. The predicted octanol–water partition coefficient (Wildman–Crippen LogP) is 2.08. The summed E-state index contributed by atoms with van der Waals surface area (Å²) >= 11 is 0. The molecular formula is C15H18N6. The number of rotatable bonds is 3. The first kappa shape index (κ1) is 13.4. The van der Waals surface area contributed by atoms with Gasteiger partial charge in [0, 0.05) is 19.8 Å². The van der Waals surface area contributed by atoms with Crippen molar-refractivity contribution in [3.05, 3.63) is 42.5 Å². The van der Waals surface area contributed by atoms with Gasteiger partial charge in [0.1, 0.15) is 6.33 Å². The van der Waals surface area contributed by atoms with E-state index in [1.54, 1.807) is 12.7 Å². The fourth-order valence-electron chi connectivity index (χ4n) is 2.43. The van der Waals surface area contributed by atoms with Gasteiger partial charge in [-0.05, 0) is 24.6 Å². The van der Waals surface area contributed by atoms with Crippen LogP contribution in [0.2, 0.25) is 0 Å². The van der Waals surface area contributed by atoms with Gasteiger partial charge in [0.25, 0.3) is 0 Å². The maximum absolute atomic E-state index is 5.87. The van der Waals surface area contributed by atoms with Gasteiger partial charge in [-0.25, -0.2) is 15.0 Å². The lowest BCUT2D eigenvalue weighted by Gasteiger charge is -2.15. The van der Waals surface area contributed by atoms with E-state index in [4.69, 9.17) is 5.73 Å². The van der Waals surface area contributed by atoms with E-state index < -0.39 is 0 Å². The molecule has 0 unspecified atom stereocenters. The van der Waals surface area contributed by atoms with Gasteiger partial charge < -0.3 is 15.2 Å². The molecule has 2 heterocycles. The van der Waals surface area contributed by atoms with Crippen LogP contribution in [0.5, 0.6) is 0 Å². The summed E-state index contributed by atoms with van der Waals surface area (Å²) < 4.78 is 2.04. The van der Waals surface area contributed by atoms with E-state index >= 15 is 0 Å². The first-order valence-electron chi connectivity index (χ1n) is 6.78. The van der Waals surface area contributed by atoms with Crippen molar-refractivity contribution in [2.45, 2.75) is 13.0 Å². The normalized spacial score (nSPS) is 12.5. The molecule has 0 fully saturated rings. The van der Waals surface area contributed by atoms with Crippen LogP contribution >= 0.6 is 0 Å². The number of fused-ring (bicyclic) bond motifs is 1. The van der Waals surface area contributed by atoms with E-state index in [9.17, 15) is 0 Å². The summed E-state index contributed by atoms with van der Waals surface area (Å²) in [5.74, 6) is 0.818. The number of nitrogens with zero attached hydrogens (tertiary/aromatic N) is 5. The fourth-order valence-corrected chi connectivity index (χ4v) is 2.43. The summed E-state index contributed by atoms with van der Waals surface area (Å²) in [5.41, 5.74) is 9.38. The predicted molar refractivity (Wildman–Crippen MR) is 84.3 cm³/mol. The van der Waals surface area contributed by atoms with Crippen molar-refractivity contribution in [1.82, 2.24) is 19.5 Å². The third-order valence-corrected chi connectivity index (χ3v) is 3.57. The third kappa shape index (κ3) is 2.29. The molecule has 0 saturated carbocycles. The van der Waals surface area contributed by atoms with E-state index in [1.165, 1.54) is 0 Å². The zero-order valence-corrected chi connectivity index (χ0v) is 12.4. The van der Waals surface area contributed by atoms with Gasteiger partial charge in [0.05, 0.1) is 12.4 Å². The SMILES string of the molecule is C[C@H](c1cccc(N)c1)n1cnc2c(N(C)C)ncnc21. The van der Waals surface area contributed by atoms with Crippen LogP contribution < -0.4 is 10.6 Å². The van der Waals surface area contributed by atoms with Crippen LogP contribution in [0.25, 0.3) is 11.2 Å². The second kappa shape index (κ2) is 5.05. The molecule has 0 radical (unpaired) electrons. The standard InChI is InChI=1S/C15H18N6/c1-10(11-5-4-6-12(16)7-11)21-9-19-13-14(20(2)3)17-8-18-15(13)21/h4-10H,16H2,1-3H3/t10-/m1/s1. The number of aromatic nitrogens is 4. The van der Waals surface area contributed by atoms with Gasteiger partial charge >= 0.3 is 0 Å². The summed E-state index contributed by atoms with van der Waals surface area (Å²) in [6.45, 7) is 2.10. The first-order chi connectivity index (χ1) is 10.1. The van der Waals surface area contributed by atoms with Gasteiger partial charge in [0.15, 0.2) is 17.0 Å². The van der Waals surface area contributed by atoms with Crippen molar-refractivity contribution in [3.63, 3.8) is 0 Å². The van der Waals surface area contributed by atoms with Crippen LogP contribution in [0, 0.1) is 0 Å². The zero-order chi connectivity index (χ0) is 15.0. The molecule has 0 spiro atoms. The van der Waals surface area contributed by atoms with Gasteiger partial charge in [-0.3, -0.25) is 0 Å². The summed E-state index contributed by atoms with van der Waals surface area (Å²) in [7, 11) is 3.89. The molecule has 0 amide bonds. The Morgan fingerprint density at radius 1 is 1.19 bits per heavy atom. The third-order valence-electron chi connectivity index (χ3n) is 3.57. The highest BCUT2D eigenvalue weighted by molar-refractivity contribution is 5.83. The minimum atomic E-state index is 0.100. The maximum atomic E-state index is 5.87. The largest absolute Gasteiger partial charge is 0.399 e. The van der Waals surface area contributed by atoms with Crippen LogP contribution in [0.4, 0.5) is 11.5 Å². The Balaban J connectivity index is 2.11. The van der Waals surface area contributed by atoms with E-state index in [0.29, 0.717) is 0 Å². The van der Waals surface area contributed by atoms with Crippen LogP contribution in [0.15, 0.2) is 36.9 Å². The Morgan fingerprint density at radius 2 is 2.00 bits per heavy atom. The topological polar surface area (TPSA) is 72.9 Å². The number of benzene rings is 1. The van der Waals surface area contributed by atoms with Crippen molar-refractivity contribution < 1.29 is 0 Å². The summed E-state index contributed by atoms with van der Waals surface area (Å²) in [4.78, 5) is 15.1. The smallest absolute Gasteiger partial charge is 0.165 e. The molecule has 1 atom stereocenters. The van der Waals surface area contributed by atoms with Crippen molar-refractivity contribution in [3.8, 4) is 0 Å². The summed E-state index contributed by atoms with van der Waals surface area (Å²) in [5, 5.41) is 0. The summed E-state index contributed by atoms with van der Waals surface area (Å²) in [6.07, 6.45) is 3.38. The molecule has 21 heavy (non-hydrogen) atoms. The lowest BCUT2D eigenvalue weighted by molar-refractivity contribution is 0.652. The van der Waals surface area contributed by atoms with Crippen molar-refractivity contribution in [2.24, 2.45) is 0 Å². The molecule has 3 rings (SSSR count). The van der Waals surface area contributed by atoms with E-state index in [1.807, 2.05) is 41.8 Å². The molecule has 0 bridgehead atoms. The average Bonchev–Trinajstić information content (AvgIpc) is 2.90. The van der Waals surface area contributed by atoms with Gasteiger partial charge in [-0.2, -0.15) is 0 Å². The Kier molecular flexibility index (Phi) is 3.21. The Hall–Kier alpha value is -2.63. The second-order valence-electron chi connectivity index (χ2n) is 5.26. The van der Waals surface area contributed by atoms with E-state index in [2.05, 4.69) is 27.9 Å². The number of hydrogen-bond donors (Lipinski definition) is 1. The second-order valence-corrected chi connectivity index (χ2v) is 5.26. The number of hydrogen-bond acceptors (Lipinski definition) is 5. The number of nitrogens with two attached hydrogens (primary N) is 1. The van der Waals surface area contributed by atoms with Gasteiger partial charge in [-0.1, -0.05) is 12.1 Å². The zero-order valence-electron chi connectivity index (χ0n) is 12.4. The monoisotopic (exact) mass is 282 g/mol. The quantitative estimate of drug-likeness (QED) is 0.745. The molecule has 6 nitrogen and oxygen atoms in total. The highest BCUT2D eigenvalue weighted by Gasteiger charge is 2.16. The Morgan fingerprint density at radius 3 is 2.71 bits per heavy atom. The molecule has 1 aromatic carbocycles. The molecule has 0 aliphatic heterocycles. The molecule has 0 saturated heterocycles. The number of nitrogen functional groups attached to an aromatic ring is 1. The number of anilines is 2. The molecule has 2 N–H and O–H groups in total. The van der Waals surface area contributed by atoms with Crippen LogP contribution in [-0.2, 0) is 0 Å².